The van der Waals surface area contributed by atoms with E-state index in [1.165, 1.54) is 6.92 Å². The lowest BCUT2D eigenvalue weighted by Crippen LogP contribution is -2.01. The quantitative estimate of drug-likeness (QED) is 0.709. The van der Waals surface area contributed by atoms with E-state index in [4.69, 9.17) is 9.84 Å². The van der Waals surface area contributed by atoms with E-state index in [0.29, 0.717) is 11.3 Å². The van der Waals surface area contributed by atoms with Crippen LogP contribution in [0.3, 0.4) is 0 Å². The van der Waals surface area contributed by atoms with Crippen molar-refractivity contribution in [3.05, 3.63) is 29.8 Å². The third kappa shape index (κ3) is 2.87. The number of ketones is 1. The number of carbonyl (C=O) groups excluding carboxylic acids is 1. The lowest BCUT2D eigenvalue weighted by Gasteiger charge is -2.03. The first-order valence-electron chi connectivity index (χ1n) is 4.08. The van der Waals surface area contributed by atoms with Crippen molar-refractivity contribution < 1.29 is 14.6 Å². The van der Waals surface area contributed by atoms with Crippen LogP contribution in [-0.4, -0.2) is 24.1 Å². The van der Waals surface area contributed by atoms with Crippen LogP contribution < -0.4 is 4.74 Å². The number of ether oxygens (including phenoxy) is 1. The highest BCUT2D eigenvalue weighted by molar-refractivity contribution is 5.94. The zero-order valence-electron chi connectivity index (χ0n) is 7.49. The first kappa shape index (κ1) is 9.74. The molecule has 0 heterocycles. The molecule has 0 unspecified atom stereocenters. The SMILES string of the molecule is CC(=O)c1ccc(OCCO)cc1. The number of hydrogen-bond acceptors (Lipinski definition) is 3. The van der Waals surface area contributed by atoms with Crippen LogP contribution in [-0.2, 0) is 0 Å². The van der Waals surface area contributed by atoms with Gasteiger partial charge in [-0.25, -0.2) is 0 Å². The van der Waals surface area contributed by atoms with E-state index in [2.05, 4.69) is 0 Å². The maximum absolute atomic E-state index is 10.9. The van der Waals surface area contributed by atoms with Crippen molar-refractivity contribution >= 4 is 5.78 Å². The van der Waals surface area contributed by atoms with E-state index in [0.717, 1.165) is 0 Å². The Labute approximate surface area is 77.0 Å². The van der Waals surface area contributed by atoms with Crippen LogP contribution in [0.2, 0.25) is 0 Å². The number of hydrogen-bond donors (Lipinski definition) is 1. The molecule has 13 heavy (non-hydrogen) atoms. The largest absolute Gasteiger partial charge is 0.491 e. The maximum atomic E-state index is 10.9. The van der Waals surface area contributed by atoms with Gasteiger partial charge in [-0.2, -0.15) is 0 Å². The molecule has 0 aliphatic heterocycles. The molecular formula is C10H12O3. The minimum absolute atomic E-state index is 0.00550. The highest BCUT2D eigenvalue weighted by atomic mass is 16.5. The molecule has 0 fully saturated rings. The van der Waals surface area contributed by atoms with Crippen LogP contribution in [0.5, 0.6) is 5.75 Å². The van der Waals surface area contributed by atoms with Gasteiger partial charge in [-0.3, -0.25) is 4.79 Å². The molecule has 1 aromatic carbocycles. The second-order valence-electron chi connectivity index (χ2n) is 2.65. The fourth-order valence-electron chi connectivity index (χ4n) is 0.949. The van der Waals surface area contributed by atoms with E-state index in [1.807, 2.05) is 0 Å². The monoisotopic (exact) mass is 180 g/mol. The minimum atomic E-state index is -0.00550. The third-order valence-electron chi connectivity index (χ3n) is 1.62. The van der Waals surface area contributed by atoms with Gasteiger partial charge in [0.05, 0.1) is 6.61 Å². The summed E-state index contributed by atoms with van der Waals surface area (Å²) in [6.07, 6.45) is 0. The van der Waals surface area contributed by atoms with E-state index >= 15 is 0 Å². The minimum Gasteiger partial charge on any atom is -0.491 e. The Balaban J connectivity index is 2.64. The first-order chi connectivity index (χ1) is 6.24. The number of aliphatic hydroxyl groups excluding tert-OH is 1. The number of benzene rings is 1. The van der Waals surface area contributed by atoms with Crippen molar-refractivity contribution in [1.29, 1.82) is 0 Å². The number of aliphatic hydroxyl groups is 1. The molecule has 3 nitrogen and oxygen atoms in total. The van der Waals surface area contributed by atoms with E-state index < -0.39 is 0 Å². The van der Waals surface area contributed by atoms with Gasteiger partial charge in [-0.15, -0.1) is 0 Å². The smallest absolute Gasteiger partial charge is 0.159 e. The standard InChI is InChI=1S/C10H12O3/c1-8(12)9-2-4-10(5-3-9)13-7-6-11/h2-5,11H,6-7H2,1H3. The Morgan fingerprint density at radius 2 is 2.00 bits per heavy atom. The summed E-state index contributed by atoms with van der Waals surface area (Å²) in [4.78, 5) is 10.9. The second kappa shape index (κ2) is 4.62. The maximum Gasteiger partial charge on any atom is 0.159 e. The van der Waals surface area contributed by atoms with Gasteiger partial charge in [-0.05, 0) is 31.2 Å². The molecule has 0 saturated heterocycles. The average Bonchev–Trinajstić information content (AvgIpc) is 2.15. The molecule has 1 aromatic rings. The van der Waals surface area contributed by atoms with Crippen LogP contribution in [0.1, 0.15) is 17.3 Å². The van der Waals surface area contributed by atoms with Gasteiger partial charge in [0.15, 0.2) is 5.78 Å². The molecule has 1 N–H and O–H groups in total. The molecule has 0 amide bonds. The second-order valence-corrected chi connectivity index (χ2v) is 2.65. The average molecular weight is 180 g/mol. The van der Waals surface area contributed by atoms with Crippen molar-refractivity contribution in [2.24, 2.45) is 0 Å². The summed E-state index contributed by atoms with van der Waals surface area (Å²) in [5.41, 5.74) is 0.663. The number of carbonyl (C=O) groups is 1. The lowest BCUT2D eigenvalue weighted by molar-refractivity contribution is 0.101. The fourth-order valence-corrected chi connectivity index (χ4v) is 0.949. The van der Waals surface area contributed by atoms with Gasteiger partial charge in [0, 0.05) is 5.56 Å². The zero-order chi connectivity index (χ0) is 9.68. The molecular weight excluding hydrogens is 168 g/mol. The highest BCUT2D eigenvalue weighted by Crippen LogP contribution is 2.12. The Bertz CT molecular complexity index is 277. The Morgan fingerprint density at radius 3 is 2.46 bits per heavy atom. The summed E-state index contributed by atoms with van der Waals surface area (Å²) < 4.78 is 5.13. The molecule has 70 valence electrons. The summed E-state index contributed by atoms with van der Waals surface area (Å²) in [6, 6.07) is 6.84. The molecule has 0 bridgehead atoms. The predicted molar refractivity (Wildman–Crippen MR) is 49.0 cm³/mol. The normalized spacial score (nSPS) is 9.69. The van der Waals surface area contributed by atoms with Crippen molar-refractivity contribution in [2.45, 2.75) is 6.92 Å². The molecule has 3 heteroatoms. The van der Waals surface area contributed by atoms with Crippen LogP contribution in [0.4, 0.5) is 0 Å². The Morgan fingerprint density at radius 1 is 1.38 bits per heavy atom. The van der Waals surface area contributed by atoms with Crippen molar-refractivity contribution in [3.8, 4) is 5.75 Å². The van der Waals surface area contributed by atoms with Crippen molar-refractivity contribution in [2.75, 3.05) is 13.2 Å². The molecule has 0 aliphatic rings. The Kier molecular flexibility index (Phi) is 3.46. The van der Waals surface area contributed by atoms with Gasteiger partial charge in [-0.1, -0.05) is 0 Å². The van der Waals surface area contributed by atoms with Crippen LogP contribution >= 0.6 is 0 Å². The van der Waals surface area contributed by atoms with E-state index in [9.17, 15) is 4.79 Å². The molecule has 0 radical (unpaired) electrons. The molecule has 0 spiro atoms. The summed E-state index contributed by atoms with van der Waals surface area (Å²) in [5, 5.41) is 8.49. The van der Waals surface area contributed by atoms with Gasteiger partial charge in [0.1, 0.15) is 12.4 Å². The molecule has 1 rings (SSSR count). The first-order valence-corrected chi connectivity index (χ1v) is 4.08. The summed E-state index contributed by atoms with van der Waals surface area (Å²) >= 11 is 0. The molecule has 0 saturated carbocycles. The number of rotatable bonds is 4. The summed E-state index contributed by atoms with van der Waals surface area (Å²) in [5.74, 6) is 0.702. The van der Waals surface area contributed by atoms with Crippen molar-refractivity contribution in [1.82, 2.24) is 0 Å². The topological polar surface area (TPSA) is 46.5 Å². The fraction of sp³-hybridized carbons (Fsp3) is 0.300. The van der Waals surface area contributed by atoms with Crippen LogP contribution in [0.15, 0.2) is 24.3 Å². The summed E-state index contributed by atoms with van der Waals surface area (Å²) in [6.45, 7) is 1.79. The molecule has 0 aromatic heterocycles. The van der Waals surface area contributed by atoms with Gasteiger partial charge in [0.2, 0.25) is 0 Å². The third-order valence-corrected chi connectivity index (χ3v) is 1.62. The van der Waals surface area contributed by atoms with E-state index in [1.54, 1.807) is 24.3 Å². The molecule has 0 atom stereocenters. The van der Waals surface area contributed by atoms with Crippen LogP contribution in [0.25, 0.3) is 0 Å². The van der Waals surface area contributed by atoms with Crippen molar-refractivity contribution in [3.63, 3.8) is 0 Å². The Hall–Kier alpha value is -1.35. The van der Waals surface area contributed by atoms with Crippen LogP contribution in [0, 0.1) is 0 Å². The highest BCUT2D eigenvalue weighted by Gasteiger charge is 1.98. The van der Waals surface area contributed by atoms with Gasteiger partial charge >= 0.3 is 0 Å². The summed E-state index contributed by atoms with van der Waals surface area (Å²) in [7, 11) is 0. The molecule has 0 aliphatic carbocycles. The van der Waals surface area contributed by atoms with E-state index in [-0.39, 0.29) is 19.0 Å². The van der Waals surface area contributed by atoms with Gasteiger partial charge < -0.3 is 9.84 Å². The predicted octanol–water partition coefficient (Wildman–Crippen LogP) is 1.26. The zero-order valence-corrected chi connectivity index (χ0v) is 7.49. The lowest BCUT2D eigenvalue weighted by atomic mass is 10.1. The van der Waals surface area contributed by atoms with Gasteiger partial charge in [0.25, 0.3) is 0 Å². The number of Topliss-reactive ketones (excluding diaryl/α,β-unsaturated/α-hetero) is 1.